The topological polar surface area (TPSA) is 80.3 Å². The lowest BCUT2D eigenvalue weighted by atomic mass is 10.9. The van der Waals surface area contributed by atoms with E-state index in [0.29, 0.717) is 0 Å². The van der Waals surface area contributed by atoms with Crippen LogP contribution >= 0.6 is 15.0 Å². The van der Waals surface area contributed by atoms with Gasteiger partial charge in [0.1, 0.15) is 0 Å². The number of ether oxygens (including phenoxy) is 2. The molecule has 0 bridgehead atoms. The Morgan fingerprint density at radius 1 is 0.783 bits per heavy atom. The fourth-order valence-electron chi connectivity index (χ4n) is 1.69. The molecule has 0 saturated heterocycles. The normalized spacial score (nSPS) is 15.8. The highest BCUT2D eigenvalue weighted by molar-refractivity contribution is 7.76. The van der Waals surface area contributed by atoms with Crippen LogP contribution in [0.15, 0.2) is 0 Å². The van der Waals surface area contributed by atoms with Crippen LogP contribution in [-0.4, -0.2) is 44.5 Å². The maximum absolute atomic E-state index is 14.9. The van der Waals surface area contributed by atoms with E-state index in [9.17, 15) is 17.9 Å². The molecule has 0 radical (unpaired) electrons. The van der Waals surface area contributed by atoms with Crippen molar-refractivity contribution >= 4 is 15.0 Å². The van der Waals surface area contributed by atoms with Gasteiger partial charge in [-0.3, -0.25) is 9.13 Å². The second-order valence-corrected chi connectivity index (χ2v) is 8.94. The van der Waals surface area contributed by atoms with Crippen molar-refractivity contribution in [2.75, 3.05) is 33.0 Å². The molecule has 1 unspecified atom stereocenters. The molecule has 0 amide bonds. The van der Waals surface area contributed by atoms with E-state index in [1.165, 1.54) is 34.6 Å². The first-order valence-corrected chi connectivity index (χ1v) is 10.7. The zero-order valence-corrected chi connectivity index (χ0v) is 15.9. The van der Waals surface area contributed by atoms with Crippen molar-refractivity contribution in [2.24, 2.45) is 0 Å². The molecule has 0 fully saturated rings. The van der Waals surface area contributed by atoms with Gasteiger partial charge in [-0.2, -0.15) is 8.78 Å². The van der Waals surface area contributed by atoms with E-state index in [1.807, 2.05) is 0 Å². The lowest BCUT2D eigenvalue weighted by Gasteiger charge is -2.34. The first-order chi connectivity index (χ1) is 10.7. The van der Waals surface area contributed by atoms with Crippen LogP contribution in [0, 0.1) is 0 Å². The van der Waals surface area contributed by atoms with Gasteiger partial charge in [-0.1, -0.05) is 0 Å². The summed E-state index contributed by atoms with van der Waals surface area (Å²) < 4.78 is 79.5. The highest BCUT2D eigenvalue weighted by Gasteiger charge is 2.70. The van der Waals surface area contributed by atoms with Crippen LogP contribution in [0.1, 0.15) is 34.6 Å². The van der Waals surface area contributed by atoms with Crippen molar-refractivity contribution in [3.8, 4) is 0 Å². The maximum atomic E-state index is 14.9. The first-order valence-electron chi connectivity index (χ1n) is 7.45. The van der Waals surface area contributed by atoms with Gasteiger partial charge in [0.25, 0.3) is 0 Å². The molecule has 23 heavy (non-hydrogen) atoms. The molecule has 0 saturated carbocycles. The fourth-order valence-corrected chi connectivity index (χ4v) is 6.53. The van der Waals surface area contributed by atoms with Crippen molar-refractivity contribution in [1.29, 1.82) is 0 Å². The predicted octanol–water partition coefficient (Wildman–Crippen LogP) is 4.47. The molecule has 0 aliphatic heterocycles. The van der Waals surface area contributed by atoms with Crippen LogP contribution in [0.4, 0.5) is 8.78 Å². The zero-order valence-electron chi connectivity index (χ0n) is 14.1. The van der Waals surface area contributed by atoms with E-state index >= 15 is 0 Å². The first kappa shape index (κ1) is 23.1. The summed E-state index contributed by atoms with van der Waals surface area (Å²) in [6.07, 6.45) is 0. The van der Waals surface area contributed by atoms with Gasteiger partial charge in [-0.25, -0.2) is 0 Å². The Kier molecular flexibility index (Phi) is 10.2. The Hall–Kier alpha value is 0.120. The molecule has 0 aliphatic carbocycles. The van der Waals surface area contributed by atoms with Gasteiger partial charge < -0.3 is 23.0 Å². The van der Waals surface area contributed by atoms with Gasteiger partial charge in [0.15, 0.2) is 0 Å². The van der Waals surface area contributed by atoms with Crippen LogP contribution in [0.3, 0.4) is 0 Å². The second kappa shape index (κ2) is 10.2. The molecule has 11 heteroatoms. The molecule has 7 nitrogen and oxygen atoms in total. The number of halogens is 2. The third kappa shape index (κ3) is 5.05. The minimum Gasteiger partial charge on any atom is -0.344 e. The van der Waals surface area contributed by atoms with Gasteiger partial charge in [0, 0.05) is 13.2 Å². The van der Waals surface area contributed by atoms with Gasteiger partial charge in [0.05, 0.1) is 19.8 Å². The molecule has 0 heterocycles. The molecule has 0 aromatic heterocycles. The molecule has 0 aliphatic rings. The SMILES string of the molecule is CCOC(OCC)P(=O)(OCC)C(F)(F)P(=O)(OCC)OCC. The van der Waals surface area contributed by atoms with Gasteiger partial charge in [-0.05, 0) is 34.6 Å². The van der Waals surface area contributed by atoms with E-state index < -0.39 is 26.4 Å². The monoisotopic (exact) mass is 382 g/mol. The number of alkyl halides is 2. The van der Waals surface area contributed by atoms with Crippen molar-refractivity contribution in [2.45, 2.75) is 46.1 Å². The van der Waals surface area contributed by atoms with Gasteiger partial charge in [-0.15, -0.1) is 0 Å². The molecular weight excluding hydrogens is 356 g/mol. The van der Waals surface area contributed by atoms with Crippen molar-refractivity contribution in [1.82, 2.24) is 0 Å². The average molecular weight is 382 g/mol. The highest BCUT2D eigenvalue weighted by atomic mass is 31.2. The van der Waals surface area contributed by atoms with E-state index in [0.717, 1.165) is 0 Å². The number of rotatable bonds is 13. The van der Waals surface area contributed by atoms with Crippen molar-refractivity contribution < 1.29 is 41.0 Å². The van der Waals surface area contributed by atoms with Crippen molar-refractivity contribution in [3.05, 3.63) is 0 Å². The maximum Gasteiger partial charge on any atom is 0.423 e. The van der Waals surface area contributed by atoms with Crippen LogP contribution in [0.5, 0.6) is 0 Å². The Balaban J connectivity index is 6.02. The smallest absolute Gasteiger partial charge is 0.344 e. The lowest BCUT2D eigenvalue weighted by Crippen LogP contribution is -2.31. The molecule has 0 rings (SSSR count). The average Bonchev–Trinajstić information content (AvgIpc) is 2.47. The molecule has 0 aromatic rings. The van der Waals surface area contributed by atoms with E-state index in [-0.39, 0.29) is 33.0 Å². The quantitative estimate of drug-likeness (QED) is 0.343. The predicted molar refractivity (Wildman–Crippen MR) is 82.1 cm³/mol. The van der Waals surface area contributed by atoms with E-state index in [1.54, 1.807) is 0 Å². The summed E-state index contributed by atoms with van der Waals surface area (Å²) in [6.45, 7) is 6.12. The van der Waals surface area contributed by atoms with Crippen LogP contribution in [-0.2, 0) is 32.2 Å². The highest BCUT2D eigenvalue weighted by Crippen LogP contribution is 2.80. The second-order valence-electron chi connectivity index (χ2n) is 4.08. The summed E-state index contributed by atoms with van der Waals surface area (Å²) in [5.41, 5.74) is 0. The summed E-state index contributed by atoms with van der Waals surface area (Å²) in [6, 6.07) is -1.87. The minimum atomic E-state index is -5.06. The Bertz CT molecular complexity index is 418. The summed E-state index contributed by atoms with van der Waals surface area (Å²) in [5, 5.41) is -4.42. The summed E-state index contributed by atoms with van der Waals surface area (Å²) in [4.78, 5) is 0. The Labute approximate surface area is 135 Å². The molecule has 140 valence electrons. The molecular formula is C12H26F2O7P2. The van der Waals surface area contributed by atoms with Crippen molar-refractivity contribution in [3.63, 3.8) is 0 Å². The van der Waals surface area contributed by atoms with Gasteiger partial charge in [0.2, 0.25) is 6.03 Å². The standard InChI is InChI=1S/C12H26F2O7P2/c1-6-17-11(18-7-2)22(15,19-8-3)12(13,14)23(16,20-9-4)21-10-5/h11H,6-10H2,1-5H3. The lowest BCUT2D eigenvalue weighted by molar-refractivity contribution is -0.0959. The molecule has 0 spiro atoms. The minimum absolute atomic E-state index is 0.0502. The largest absolute Gasteiger partial charge is 0.423 e. The van der Waals surface area contributed by atoms with E-state index in [2.05, 4.69) is 9.05 Å². The van der Waals surface area contributed by atoms with Gasteiger partial charge >= 0.3 is 20.4 Å². The summed E-state index contributed by atoms with van der Waals surface area (Å²) in [5.74, 6) is 0. The fraction of sp³-hybridized carbons (Fsp3) is 1.00. The Morgan fingerprint density at radius 3 is 1.48 bits per heavy atom. The molecule has 0 N–H and O–H groups in total. The van der Waals surface area contributed by atoms with Crippen LogP contribution in [0.2, 0.25) is 0 Å². The zero-order chi connectivity index (χ0) is 18.1. The summed E-state index contributed by atoms with van der Waals surface area (Å²) in [7, 11) is -10.1. The third-order valence-electron chi connectivity index (χ3n) is 2.52. The molecule has 0 aromatic carbocycles. The third-order valence-corrected chi connectivity index (χ3v) is 8.19. The molecule has 1 atom stereocenters. The summed E-state index contributed by atoms with van der Waals surface area (Å²) >= 11 is 0. The van der Waals surface area contributed by atoms with Crippen LogP contribution in [0.25, 0.3) is 0 Å². The number of hydrogen-bond donors (Lipinski definition) is 0. The number of hydrogen-bond acceptors (Lipinski definition) is 7. The van der Waals surface area contributed by atoms with Crippen LogP contribution < -0.4 is 0 Å². The Morgan fingerprint density at radius 2 is 1.17 bits per heavy atom. The van der Waals surface area contributed by atoms with E-state index in [4.69, 9.17) is 14.0 Å².